The Morgan fingerprint density at radius 2 is 1.74 bits per heavy atom. The van der Waals surface area contributed by atoms with Crippen molar-refractivity contribution in [1.82, 2.24) is 15.0 Å². The number of aryl methyl sites for hydroxylation is 1. The molecule has 220 valence electrons. The summed E-state index contributed by atoms with van der Waals surface area (Å²) in [4.78, 5) is 26.5. The normalized spacial score (nSPS) is 13.3. The van der Waals surface area contributed by atoms with Crippen LogP contribution in [0, 0.1) is 0 Å². The first-order chi connectivity index (χ1) is 21.0. The maximum atomic E-state index is 12.5. The van der Waals surface area contributed by atoms with Crippen molar-refractivity contribution in [2.75, 3.05) is 36.5 Å². The molecular weight excluding hydrogens is 550 g/mol. The number of aromatic nitrogens is 3. The van der Waals surface area contributed by atoms with E-state index < -0.39 is 5.97 Å². The SMILES string of the molecule is O=C(CCCCn1cc(-c2c(-c3ccccc3)oc3cc(O)c(C(=O)O)cc23)nn1)Nc1ccc(N2CCOCC2)cc1. The summed E-state index contributed by atoms with van der Waals surface area (Å²) >= 11 is 0. The van der Waals surface area contributed by atoms with Gasteiger partial charge in [-0.3, -0.25) is 9.48 Å². The standard InChI is InChI=1S/C32H31N5O6/c38-27-19-28-25(18-24(27)32(40)41)30(31(43-28)21-6-2-1-3-7-21)26-20-37(35-34-26)13-5-4-8-29(39)33-22-9-11-23(12-10-22)36-14-16-42-17-15-36/h1-3,6-7,9-12,18-20,38H,4-5,8,13-17H2,(H,33,39)(H,40,41). The summed E-state index contributed by atoms with van der Waals surface area (Å²) in [5.74, 6) is -1.17. The van der Waals surface area contributed by atoms with Gasteiger partial charge in [-0.25, -0.2) is 4.79 Å². The van der Waals surface area contributed by atoms with E-state index in [2.05, 4.69) is 20.5 Å². The Hall–Kier alpha value is -5.16. The Kier molecular flexibility index (Phi) is 8.05. The lowest BCUT2D eigenvalue weighted by molar-refractivity contribution is -0.116. The number of rotatable bonds is 10. The molecule has 0 radical (unpaired) electrons. The van der Waals surface area contributed by atoms with Crippen molar-refractivity contribution in [3.8, 4) is 28.3 Å². The fraction of sp³-hybridized carbons (Fsp3) is 0.250. The molecule has 0 spiro atoms. The number of aromatic carboxylic acids is 1. The van der Waals surface area contributed by atoms with Crippen LogP contribution in [0.25, 0.3) is 33.6 Å². The number of carbonyl (C=O) groups is 2. The molecule has 11 nitrogen and oxygen atoms in total. The molecular formula is C32H31N5O6. The molecule has 0 aliphatic carbocycles. The van der Waals surface area contributed by atoms with E-state index in [9.17, 15) is 19.8 Å². The zero-order valence-corrected chi connectivity index (χ0v) is 23.4. The predicted octanol–water partition coefficient (Wildman–Crippen LogP) is 5.41. The van der Waals surface area contributed by atoms with E-state index in [1.807, 2.05) is 54.6 Å². The molecule has 1 fully saturated rings. The molecule has 0 unspecified atom stereocenters. The van der Waals surface area contributed by atoms with Crippen molar-refractivity contribution in [3.63, 3.8) is 0 Å². The smallest absolute Gasteiger partial charge is 0.339 e. The number of anilines is 2. The highest BCUT2D eigenvalue weighted by Gasteiger charge is 2.23. The number of fused-ring (bicyclic) bond motifs is 1. The lowest BCUT2D eigenvalue weighted by Crippen LogP contribution is -2.36. The minimum Gasteiger partial charge on any atom is -0.507 e. The van der Waals surface area contributed by atoms with Crippen LogP contribution in [0.3, 0.4) is 0 Å². The van der Waals surface area contributed by atoms with Crippen LogP contribution in [0.4, 0.5) is 11.4 Å². The molecule has 5 aromatic rings. The molecule has 0 saturated carbocycles. The highest BCUT2D eigenvalue weighted by molar-refractivity contribution is 6.05. The van der Waals surface area contributed by atoms with Crippen molar-refractivity contribution in [2.24, 2.45) is 0 Å². The van der Waals surface area contributed by atoms with Gasteiger partial charge in [-0.2, -0.15) is 0 Å². The van der Waals surface area contributed by atoms with E-state index in [0.717, 1.165) is 43.2 Å². The number of carboxylic acid groups (broad SMARTS) is 1. The predicted molar refractivity (Wildman–Crippen MR) is 161 cm³/mol. The molecule has 43 heavy (non-hydrogen) atoms. The number of aromatic hydroxyl groups is 1. The van der Waals surface area contributed by atoms with E-state index in [4.69, 9.17) is 9.15 Å². The molecule has 3 aromatic carbocycles. The summed E-state index contributed by atoms with van der Waals surface area (Å²) < 4.78 is 13.2. The third-order valence-corrected chi connectivity index (χ3v) is 7.44. The molecule has 1 amide bonds. The van der Waals surface area contributed by atoms with Gasteiger partial charge in [0.25, 0.3) is 0 Å². The first-order valence-corrected chi connectivity index (χ1v) is 14.2. The van der Waals surface area contributed by atoms with Crippen LogP contribution in [0.2, 0.25) is 0 Å². The highest BCUT2D eigenvalue weighted by Crippen LogP contribution is 2.42. The first-order valence-electron chi connectivity index (χ1n) is 14.2. The minimum absolute atomic E-state index is 0.0479. The second-order valence-corrected chi connectivity index (χ2v) is 10.4. The van der Waals surface area contributed by atoms with E-state index in [-0.39, 0.29) is 17.2 Å². The fourth-order valence-corrected chi connectivity index (χ4v) is 5.23. The molecule has 1 aliphatic rings. The van der Waals surface area contributed by atoms with Crippen LogP contribution in [-0.4, -0.2) is 63.4 Å². The van der Waals surface area contributed by atoms with E-state index >= 15 is 0 Å². The quantitative estimate of drug-likeness (QED) is 0.185. The number of furan rings is 1. The van der Waals surface area contributed by atoms with Gasteiger partial charge in [0, 0.05) is 54.4 Å². The summed E-state index contributed by atoms with van der Waals surface area (Å²) in [7, 11) is 0. The van der Waals surface area contributed by atoms with E-state index in [0.29, 0.717) is 53.8 Å². The molecule has 2 aromatic heterocycles. The third kappa shape index (κ3) is 6.21. The van der Waals surface area contributed by atoms with E-state index in [1.54, 1.807) is 10.9 Å². The Morgan fingerprint density at radius 1 is 0.977 bits per heavy atom. The number of morpholine rings is 1. The average Bonchev–Trinajstić information content (AvgIpc) is 3.64. The maximum Gasteiger partial charge on any atom is 0.339 e. The summed E-state index contributed by atoms with van der Waals surface area (Å²) in [6.45, 7) is 3.72. The number of nitrogens with one attached hydrogen (secondary N) is 1. The zero-order valence-electron chi connectivity index (χ0n) is 23.4. The Labute approximate surface area is 247 Å². The molecule has 3 N–H and O–H groups in total. The Morgan fingerprint density at radius 3 is 2.49 bits per heavy atom. The molecule has 11 heteroatoms. The molecule has 1 saturated heterocycles. The fourth-order valence-electron chi connectivity index (χ4n) is 5.23. The summed E-state index contributed by atoms with van der Waals surface area (Å²) in [6.07, 6.45) is 3.53. The van der Waals surface area contributed by atoms with Gasteiger partial charge >= 0.3 is 5.97 Å². The second kappa shape index (κ2) is 12.4. The van der Waals surface area contributed by atoms with Crippen LogP contribution in [0.5, 0.6) is 5.75 Å². The lowest BCUT2D eigenvalue weighted by Gasteiger charge is -2.28. The number of hydrogen-bond acceptors (Lipinski definition) is 8. The summed E-state index contributed by atoms with van der Waals surface area (Å²) in [5.41, 5.74) is 3.88. The number of amides is 1. The summed E-state index contributed by atoms with van der Waals surface area (Å²) in [5, 5.41) is 31.9. The molecule has 3 heterocycles. The Bertz CT molecular complexity index is 1740. The van der Waals surface area contributed by atoms with Gasteiger partial charge in [-0.05, 0) is 43.2 Å². The van der Waals surface area contributed by atoms with Gasteiger partial charge in [0.1, 0.15) is 28.4 Å². The number of ether oxygens (including phenoxy) is 1. The number of benzene rings is 3. The lowest BCUT2D eigenvalue weighted by atomic mass is 10.0. The second-order valence-electron chi connectivity index (χ2n) is 10.4. The largest absolute Gasteiger partial charge is 0.507 e. The van der Waals surface area contributed by atoms with Crippen molar-refractivity contribution in [3.05, 3.63) is 78.5 Å². The van der Waals surface area contributed by atoms with Gasteiger partial charge < -0.3 is 29.6 Å². The number of carboxylic acids is 1. The summed E-state index contributed by atoms with van der Waals surface area (Å²) in [6, 6.07) is 20.0. The van der Waals surface area contributed by atoms with Crippen molar-refractivity contribution < 1.29 is 29.0 Å². The average molecular weight is 582 g/mol. The minimum atomic E-state index is -1.24. The van der Waals surface area contributed by atoms with Gasteiger partial charge in [0.05, 0.1) is 25.0 Å². The number of carbonyl (C=O) groups excluding carboxylic acids is 1. The maximum absolute atomic E-state index is 12.5. The van der Waals surface area contributed by atoms with Crippen LogP contribution in [-0.2, 0) is 16.1 Å². The molecule has 6 rings (SSSR count). The van der Waals surface area contributed by atoms with Gasteiger partial charge in [0.2, 0.25) is 5.91 Å². The monoisotopic (exact) mass is 581 g/mol. The van der Waals surface area contributed by atoms with Gasteiger partial charge in [0.15, 0.2) is 0 Å². The van der Waals surface area contributed by atoms with Crippen LogP contribution < -0.4 is 10.2 Å². The first kappa shape index (κ1) is 28.0. The molecule has 0 atom stereocenters. The topological polar surface area (TPSA) is 143 Å². The van der Waals surface area contributed by atoms with Crippen molar-refractivity contribution in [2.45, 2.75) is 25.8 Å². The van der Waals surface area contributed by atoms with Crippen LogP contribution >= 0.6 is 0 Å². The van der Waals surface area contributed by atoms with Gasteiger partial charge in [-0.15, -0.1) is 5.10 Å². The van der Waals surface area contributed by atoms with Gasteiger partial charge in [-0.1, -0.05) is 35.5 Å². The highest BCUT2D eigenvalue weighted by atomic mass is 16.5. The number of hydrogen-bond donors (Lipinski definition) is 3. The third-order valence-electron chi connectivity index (χ3n) is 7.44. The Balaban J connectivity index is 1.10. The van der Waals surface area contributed by atoms with Crippen LogP contribution in [0.1, 0.15) is 29.6 Å². The molecule has 0 bridgehead atoms. The number of unbranched alkanes of at least 4 members (excludes halogenated alkanes) is 1. The van der Waals surface area contributed by atoms with E-state index in [1.165, 1.54) is 12.1 Å². The van der Waals surface area contributed by atoms with Crippen molar-refractivity contribution >= 4 is 34.2 Å². The number of nitrogens with zero attached hydrogens (tertiary/aromatic N) is 4. The zero-order chi connectivity index (χ0) is 29.8. The van der Waals surface area contributed by atoms with Crippen molar-refractivity contribution in [1.29, 1.82) is 0 Å². The number of phenols is 1. The molecule has 1 aliphatic heterocycles. The van der Waals surface area contributed by atoms with Crippen LogP contribution in [0.15, 0.2) is 77.3 Å².